The van der Waals surface area contributed by atoms with Crippen LogP contribution in [0.25, 0.3) is 10.8 Å². The van der Waals surface area contributed by atoms with Crippen molar-refractivity contribution in [2.45, 2.75) is 50.7 Å². The van der Waals surface area contributed by atoms with Crippen molar-refractivity contribution in [3.8, 4) is 0 Å². The predicted octanol–water partition coefficient (Wildman–Crippen LogP) is 3.24. The summed E-state index contributed by atoms with van der Waals surface area (Å²) >= 11 is 0. The average molecular weight is 581 g/mol. The van der Waals surface area contributed by atoms with Crippen molar-refractivity contribution in [2.75, 3.05) is 0 Å². The van der Waals surface area contributed by atoms with Crippen LogP contribution in [0.2, 0.25) is 0 Å². The number of amides is 4. The highest BCUT2D eigenvalue weighted by atomic mass is 16.5. The third-order valence-corrected chi connectivity index (χ3v) is 7.17. The first kappa shape index (κ1) is 30.9. The minimum absolute atomic E-state index is 0.134. The van der Waals surface area contributed by atoms with Gasteiger partial charge in [0.05, 0.1) is 0 Å². The molecule has 0 aliphatic carbocycles. The summed E-state index contributed by atoms with van der Waals surface area (Å²) in [5.74, 6) is -2.27. The minimum atomic E-state index is -1.08. The van der Waals surface area contributed by atoms with Crippen molar-refractivity contribution < 1.29 is 24.4 Å². The maximum absolute atomic E-state index is 13.6. The first-order chi connectivity index (χ1) is 20.8. The van der Waals surface area contributed by atoms with E-state index in [0.29, 0.717) is 6.42 Å². The van der Waals surface area contributed by atoms with Gasteiger partial charge in [0.15, 0.2) is 0 Å². The van der Waals surface area contributed by atoms with Crippen LogP contribution in [-0.2, 0) is 38.4 Å². The molecule has 0 spiro atoms. The third kappa shape index (κ3) is 9.24. The summed E-state index contributed by atoms with van der Waals surface area (Å²) in [7, 11) is 0. The molecule has 0 saturated heterocycles. The van der Waals surface area contributed by atoms with Gasteiger partial charge in [-0.1, -0.05) is 103 Å². The summed E-state index contributed by atoms with van der Waals surface area (Å²) < 4.78 is 0. The van der Waals surface area contributed by atoms with Gasteiger partial charge in [-0.15, -0.1) is 0 Å². The molecule has 4 rings (SSSR count). The van der Waals surface area contributed by atoms with E-state index >= 15 is 0 Å². The van der Waals surface area contributed by atoms with Gasteiger partial charge in [0.2, 0.25) is 17.7 Å². The number of carbonyl (C=O) groups excluding carboxylic acids is 4. The van der Waals surface area contributed by atoms with Gasteiger partial charge in [0, 0.05) is 19.8 Å². The lowest BCUT2D eigenvalue weighted by molar-refractivity contribution is -0.136. The van der Waals surface area contributed by atoms with Gasteiger partial charge < -0.3 is 16.0 Å². The second-order valence-corrected chi connectivity index (χ2v) is 10.5. The number of hydrogen-bond acceptors (Lipinski definition) is 5. The predicted molar refractivity (Wildman–Crippen MR) is 164 cm³/mol. The molecule has 0 fully saturated rings. The van der Waals surface area contributed by atoms with E-state index in [0.717, 1.165) is 27.5 Å². The van der Waals surface area contributed by atoms with Crippen LogP contribution in [-0.4, -0.2) is 47.0 Å². The lowest BCUT2D eigenvalue weighted by atomic mass is 9.99. The number of benzene rings is 4. The maximum atomic E-state index is 13.6. The molecule has 0 unspecified atom stereocenters. The summed E-state index contributed by atoms with van der Waals surface area (Å²) in [4.78, 5) is 51.8. The minimum Gasteiger partial charge on any atom is -0.344 e. The highest BCUT2D eigenvalue weighted by molar-refractivity contribution is 5.94. The van der Waals surface area contributed by atoms with E-state index in [1.165, 1.54) is 6.92 Å². The van der Waals surface area contributed by atoms with E-state index in [-0.39, 0.29) is 25.2 Å². The molecule has 4 amide bonds. The Bertz CT molecular complexity index is 1540. The van der Waals surface area contributed by atoms with Crippen molar-refractivity contribution >= 4 is 34.4 Å². The molecule has 9 heteroatoms. The van der Waals surface area contributed by atoms with E-state index < -0.39 is 35.8 Å². The van der Waals surface area contributed by atoms with Crippen LogP contribution in [0.3, 0.4) is 0 Å². The van der Waals surface area contributed by atoms with Gasteiger partial charge in [-0.3, -0.25) is 24.4 Å². The summed E-state index contributed by atoms with van der Waals surface area (Å²) in [6.45, 7) is 1.34. The van der Waals surface area contributed by atoms with E-state index in [1.54, 1.807) is 5.48 Å². The molecule has 9 nitrogen and oxygen atoms in total. The molecule has 0 aromatic heterocycles. The summed E-state index contributed by atoms with van der Waals surface area (Å²) in [5, 5.41) is 19.6. The summed E-state index contributed by atoms with van der Waals surface area (Å²) in [5.41, 5.74) is 4.22. The smallest absolute Gasteiger partial charge is 0.266 e. The second-order valence-electron chi connectivity index (χ2n) is 10.5. The molecular weight excluding hydrogens is 544 g/mol. The molecule has 4 aromatic rings. The Morgan fingerprint density at radius 2 is 1.12 bits per heavy atom. The van der Waals surface area contributed by atoms with Gasteiger partial charge in [0.25, 0.3) is 5.91 Å². The fourth-order valence-corrected chi connectivity index (χ4v) is 4.96. The normalized spacial score (nSPS) is 12.9. The van der Waals surface area contributed by atoms with E-state index in [4.69, 9.17) is 0 Å². The number of hydrogen-bond donors (Lipinski definition) is 5. The molecule has 4 aromatic carbocycles. The Kier molecular flexibility index (Phi) is 11.0. The van der Waals surface area contributed by atoms with Gasteiger partial charge in [-0.2, -0.15) is 0 Å². The van der Waals surface area contributed by atoms with E-state index in [9.17, 15) is 24.4 Å². The number of carbonyl (C=O) groups is 4. The number of aryl methyl sites for hydroxylation is 1. The summed E-state index contributed by atoms with van der Waals surface area (Å²) in [6.07, 6.45) is 1.06. The van der Waals surface area contributed by atoms with Crippen molar-refractivity contribution in [3.63, 3.8) is 0 Å². The molecule has 0 radical (unpaired) electrons. The second kappa shape index (κ2) is 15.3. The molecule has 0 aliphatic rings. The maximum Gasteiger partial charge on any atom is 0.266 e. The highest BCUT2D eigenvalue weighted by Gasteiger charge is 2.29. The van der Waals surface area contributed by atoms with Gasteiger partial charge in [-0.25, -0.2) is 5.48 Å². The lowest BCUT2D eigenvalue weighted by Crippen LogP contribution is -2.57. The highest BCUT2D eigenvalue weighted by Crippen LogP contribution is 2.17. The number of hydroxylamine groups is 1. The standard InChI is InChI=1S/C34H36N4O5/c1-23(39)35-30(22-26-16-18-27-14-8-9-15-28(27)20-26)33(41)36-29(19-17-24-10-4-2-5-11-24)32(40)37-31(34(42)38-43)21-25-12-6-3-7-13-25/h2-16,18,20,29-31,43H,17,19,21-22H2,1H3,(H,35,39)(H,36,41)(H,37,40)(H,38,42)/t29-,30+,31-/m1/s1. The number of nitrogens with one attached hydrogen (secondary N) is 4. The van der Waals surface area contributed by atoms with Crippen LogP contribution in [0, 0.1) is 0 Å². The van der Waals surface area contributed by atoms with Crippen LogP contribution in [0.4, 0.5) is 0 Å². The fourth-order valence-electron chi connectivity index (χ4n) is 4.96. The molecule has 0 aliphatic heterocycles. The topological polar surface area (TPSA) is 137 Å². The Balaban J connectivity index is 1.54. The number of rotatable bonds is 13. The first-order valence-corrected chi connectivity index (χ1v) is 14.2. The molecule has 3 atom stereocenters. The van der Waals surface area contributed by atoms with Crippen LogP contribution in [0.5, 0.6) is 0 Å². The molecular formula is C34H36N4O5. The fraction of sp³-hybridized carbons (Fsp3) is 0.235. The SMILES string of the molecule is CC(=O)N[C@@H](Cc1ccc2ccccc2c1)C(=O)N[C@H](CCc1ccccc1)C(=O)N[C@H](Cc1ccccc1)C(=O)NO. The first-order valence-electron chi connectivity index (χ1n) is 14.2. The molecule has 0 saturated carbocycles. The Hall–Kier alpha value is -5.02. The van der Waals surface area contributed by atoms with Crippen molar-refractivity contribution in [1.29, 1.82) is 0 Å². The lowest BCUT2D eigenvalue weighted by Gasteiger charge is -2.25. The van der Waals surface area contributed by atoms with Crippen LogP contribution >= 0.6 is 0 Å². The number of fused-ring (bicyclic) bond motifs is 1. The van der Waals surface area contributed by atoms with Crippen LogP contribution < -0.4 is 21.4 Å². The zero-order valence-electron chi connectivity index (χ0n) is 24.0. The summed E-state index contributed by atoms with van der Waals surface area (Å²) in [6, 6.07) is 29.2. The average Bonchev–Trinajstić information content (AvgIpc) is 3.02. The quantitative estimate of drug-likeness (QED) is 0.122. The molecule has 0 heterocycles. The molecule has 0 bridgehead atoms. The molecule has 5 N–H and O–H groups in total. The van der Waals surface area contributed by atoms with Crippen LogP contribution in [0.1, 0.15) is 30.0 Å². The molecule has 43 heavy (non-hydrogen) atoms. The zero-order valence-corrected chi connectivity index (χ0v) is 24.0. The van der Waals surface area contributed by atoms with E-state index in [2.05, 4.69) is 16.0 Å². The van der Waals surface area contributed by atoms with Crippen molar-refractivity contribution in [1.82, 2.24) is 21.4 Å². The van der Waals surface area contributed by atoms with Crippen LogP contribution in [0.15, 0.2) is 103 Å². The Labute approximate surface area is 250 Å². The van der Waals surface area contributed by atoms with Gasteiger partial charge >= 0.3 is 0 Å². The molecule has 222 valence electrons. The van der Waals surface area contributed by atoms with E-state index in [1.807, 2.05) is 103 Å². The van der Waals surface area contributed by atoms with Gasteiger partial charge in [-0.05, 0) is 40.3 Å². The zero-order chi connectivity index (χ0) is 30.6. The third-order valence-electron chi connectivity index (χ3n) is 7.17. The van der Waals surface area contributed by atoms with Crippen molar-refractivity contribution in [3.05, 3.63) is 120 Å². The Morgan fingerprint density at radius 1 is 0.581 bits per heavy atom. The largest absolute Gasteiger partial charge is 0.344 e. The van der Waals surface area contributed by atoms with Gasteiger partial charge in [0.1, 0.15) is 18.1 Å². The monoisotopic (exact) mass is 580 g/mol. The van der Waals surface area contributed by atoms with Crippen molar-refractivity contribution in [2.24, 2.45) is 0 Å². The Morgan fingerprint density at radius 3 is 1.77 bits per heavy atom.